The van der Waals surface area contributed by atoms with Crippen molar-refractivity contribution in [2.24, 2.45) is 0 Å². The Balaban J connectivity index is 1.70. The van der Waals surface area contributed by atoms with Gasteiger partial charge in [-0.05, 0) is 53.9 Å². The smallest absolute Gasteiger partial charge is 0.326 e. The Bertz CT molecular complexity index is 804. The van der Waals surface area contributed by atoms with Crippen LogP contribution in [0.4, 0.5) is 0 Å². The number of carbonyl (C=O) groups is 2. The molecule has 0 saturated carbocycles. The fraction of sp³-hybridized carbons (Fsp3) is 0.353. The predicted octanol–water partition coefficient (Wildman–Crippen LogP) is 3.01. The van der Waals surface area contributed by atoms with E-state index in [2.05, 4.69) is 21.1 Å². The zero-order chi connectivity index (χ0) is 18.0. The minimum atomic E-state index is -0.966. The number of carbonyl (C=O) groups excluding carboxylic acids is 1. The largest absolute Gasteiger partial charge is 0.484 e. The number of carboxylic acids is 1. The number of halogens is 1. The van der Waals surface area contributed by atoms with E-state index in [1.54, 1.807) is 24.3 Å². The fourth-order valence-electron chi connectivity index (χ4n) is 2.82. The lowest BCUT2D eigenvalue weighted by molar-refractivity contribution is -0.141. The van der Waals surface area contributed by atoms with Gasteiger partial charge in [-0.25, -0.2) is 4.79 Å². The van der Waals surface area contributed by atoms with Crippen LogP contribution < -0.4 is 4.74 Å². The van der Waals surface area contributed by atoms with Crippen LogP contribution in [-0.2, 0) is 11.4 Å². The van der Waals surface area contributed by atoms with Crippen LogP contribution in [0.1, 0.15) is 34.7 Å². The molecule has 3 rings (SSSR count). The van der Waals surface area contributed by atoms with E-state index >= 15 is 0 Å². The van der Waals surface area contributed by atoms with Gasteiger partial charge in [-0.2, -0.15) is 0 Å². The summed E-state index contributed by atoms with van der Waals surface area (Å²) in [6.07, 6.45) is 1.18. The molecule has 0 unspecified atom stereocenters. The van der Waals surface area contributed by atoms with Crippen molar-refractivity contribution in [2.45, 2.75) is 32.4 Å². The molecule has 132 valence electrons. The third kappa shape index (κ3) is 3.84. The van der Waals surface area contributed by atoms with Crippen LogP contribution in [-0.4, -0.2) is 39.6 Å². The first kappa shape index (κ1) is 17.5. The molecule has 1 aromatic carbocycles. The second-order valence-electron chi connectivity index (χ2n) is 5.86. The van der Waals surface area contributed by atoms with Crippen molar-refractivity contribution in [1.82, 2.24) is 10.1 Å². The number of aryl methyl sites for hydroxylation is 1. The van der Waals surface area contributed by atoms with Crippen LogP contribution in [0.25, 0.3) is 0 Å². The van der Waals surface area contributed by atoms with Gasteiger partial charge >= 0.3 is 5.97 Å². The van der Waals surface area contributed by atoms with Crippen molar-refractivity contribution in [3.63, 3.8) is 0 Å². The lowest BCUT2D eigenvalue weighted by atomic mass is 10.1. The third-order valence-electron chi connectivity index (χ3n) is 4.02. The zero-order valence-electron chi connectivity index (χ0n) is 13.6. The molecule has 0 radical (unpaired) electrons. The van der Waals surface area contributed by atoms with Gasteiger partial charge in [-0.3, -0.25) is 4.79 Å². The van der Waals surface area contributed by atoms with Gasteiger partial charge < -0.3 is 19.3 Å². The highest BCUT2D eigenvalue weighted by Crippen LogP contribution is 2.29. The highest BCUT2D eigenvalue weighted by molar-refractivity contribution is 9.10. The van der Waals surface area contributed by atoms with Crippen molar-refractivity contribution in [3.8, 4) is 5.75 Å². The van der Waals surface area contributed by atoms with Crippen LogP contribution in [0, 0.1) is 6.92 Å². The van der Waals surface area contributed by atoms with Crippen molar-refractivity contribution < 1.29 is 24.0 Å². The Labute approximate surface area is 152 Å². The molecule has 7 nitrogen and oxygen atoms in total. The molecule has 0 aliphatic carbocycles. The summed E-state index contributed by atoms with van der Waals surface area (Å²) in [5, 5.41) is 13.0. The van der Waals surface area contributed by atoms with Crippen molar-refractivity contribution in [1.29, 1.82) is 0 Å². The van der Waals surface area contributed by atoms with Crippen molar-refractivity contribution in [3.05, 3.63) is 45.8 Å². The quantitative estimate of drug-likeness (QED) is 0.816. The summed E-state index contributed by atoms with van der Waals surface area (Å²) in [4.78, 5) is 25.2. The van der Waals surface area contributed by atoms with E-state index in [1.165, 1.54) is 4.90 Å². The average Bonchev–Trinajstić information content (AvgIpc) is 3.22. The average molecular weight is 409 g/mol. The SMILES string of the molecule is Cc1cc(COc2ccc(C(=O)N3CCC[C@H]3C(=O)O)cc2Br)on1. The zero-order valence-corrected chi connectivity index (χ0v) is 15.2. The molecule has 1 atom stereocenters. The molecule has 1 aliphatic rings. The second-order valence-corrected chi connectivity index (χ2v) is 6.72. The van der Waals surface area contributed by atoms with Gasteiger partial charge in [0.05, 0.1) is 10.2 Å². The number of hydrogen-bond acceptors (Lipinski definition) is 5. The minimum Gasteiger partial charge on any atom is -0.484 e. The van der Waals surface area contributed by atoms with Gasteiger partial charge in [0, 0.05) is 18.2 Å². The predicted molar refractivity (Wildman–Crippen MR) is 91.4 cm³/mol. The number of rotatable bonds is 5. The first-order valence-corrected chi connectivity index (χ1v) is 8.63. The number of carboxylic acid groups (broad SMARTS) is 1. The molecule has 1 amide bonds. The molecule has 25 heavy (non-hydrogen) atoms. The van der Waals surface area contributed by atoms with Crippen LogP contribution >= 0.6 is 15.9 Å². The maximum Gasteiger partial charge on any atom is 0.326 e. The van der Waals surface area contributed by atoms with Gasteiger partial charge in [0.1, 0.15) is 18.4 Å². The molecule has 0 bridgehead atoms. The summed E-state index contributed by atoms with van der Waals surface area (Å²) in [7, 11) is 0. The third-order valence-corrected chi connectivity index (χ3v) is 4.64. The maximum absolute atomic E-state index is 12.6. The Morgan fingerprint density at radius 1 is 1.44 bits per heavy atom. The number of ether oxygens (including phenoxy) is 1. The van der Waals surface area contributed by atoms with Crippen LogP contribution in [0.5, 0.6) is 5.75 Å². The van der Waals surface area contributed by atoms with Crippen LogP contribution in [0.3, 0.4) is 0 Å². The number of likely N-dealkylation sites (tertiary alicyclic amines) is 1. The van der Waals surface area contributed by atoms with Crippen LogP contribution in [0.15, 0.2) is 33.3 Å². The molecular formula is C17H17BrN2O5. The number of aliphatic carboxylic acids is 1. The summed E-state index contributed by atoms with van der Waals surface area (Å²) >= 11 is 3.39. The fourth-order valence-corrected chi connectivity index (χ4v) is 3.31. The van der Waals surface area contributed by atoms with Gasteiger partial charge in [-0.15, -0.1) is 0 Å². The highest BCUT2D eigenvalue weighted by atomic mass is 79.9. The molecule has 0 spiro atoms. The topological polar surface area (TPSA) is 92.9 Å². The molecule has 1 saturated heterocycles. The number of benzene rings is 1. The standard InChI is InChI=1S/C17H17BrN2O5/c1-10-7-12(25-19-10)9-24-15-5-4-11(8-13(15)18)16(21)20-6-2-3-14(20)17(22)23/h4-5,7-8,14H,2-3,6,9H2,1H3,(H,22,23)/t14-/m0/s1. The highest BCUT2D eigenvalue weighted by Gasteiger charge is 2.34. The lowest BCUT2D eigenvalue weighted by Crippen LogP contribution is -2.40. The Morgan fingerprint density at radius 3 is 2.88 bits per heavy atom. The van der Waals surface area contributed by atoms with E-state index in [1.807, 2.05) is 6.92 Å². The van der Waals surface area contributed by atoms with E-state index < -0.39 is 12.0 Å². The van der Waals surface area contributed by atoms with E-state index in [0.29, 0.717) is 40.9 Å². The molecule has 1 aromatic heterocycles. The summed E-state index contributed by atoms with van der Waals surface area (Å²) in [6.45, 7) is 2.50. The van der Waals surface area contributed by atoms with Gasteiger partial charge in [0.15, 0.2) is 5.76 Å². The van der Waals surface area contributed by atoms with Crippen LogP contribution in [0.2, 0.25) is 0 Å². The van der Waals surface area contributed by atoms with E-state index in [0.717, 1.165) is 5.69 Å². The maximum atomic E-state index is 12.6. The molecular weight excluding hydrogens is 392 g/mol. The lowest BCUT2D eigenvalue weighted by Gasteiger charge is -2.21. The number of hydrogen-bond donors (Lipinski definition) is 1. The Hall–Kier alpha value is -2.35. The Kier molecular flexibility index (Phi) is 5.08. The van der Waals surface area contributed by atoms with E-state index in [9.17, 15) is 14.7 Å². The van der Waals surface area contributed by atoms with Gasteiger partial charge in [-0.1, -0.05) is 5.16 Å². The normalized spacial score (nSPS) is 16.9. The van der Waals surface area contributed by atoms with Crippen molar-refractivity contribution >= 4 is 27.8 Å². The molecule has 2 aromatic rings. The second kappa shape index (κ2) is 7.26. The van der Waals surface area contributed by atoms with Crippen molar-refractivity contribution in [2.75, 3.05) is 6.54 Å². The van der Waals surface area contributed by atoms with E-state index in [4.69, 9.17) is 9.26 Å². The molecule has 1 aliphatic heterocycles. The van der Waals surface area contributed by atoms with Gasteiger partial charge in [0.2, 0.25) is 0 Å². The summed E-state index contributed by atoms with van der Waals surface area (Å²) in [5.74, 6) is -0.0945. The molecule has 8 heteroatoms. The summed E-state index contributed by atoms with van der Waals surface area (Å²) in [6, 6.07) is 5.97. The Morgan fingerprint density at radius 2 is 2.24 bits per heavy atom. The number of nitrogens with zero attached hydrogens (tertiary/aromatic N) is 2. The van der Waals surface area contributed by atoms with Gasteiger partial charge in [0.25, 0.3) is 5.91 Å². The molecule has 1 N–H and O–H groups in total. The first-order chi connectivity index (χ1) is 12.0. The summed E-state index contributed by atoms with van der Waals surface area (Å²) in [5.41, 5.74) is 1.19. The number of amides is 1. The summed E-state index contributed by atoms with van der Waals surface area (Å²) < 4.78 is 11.4. The minimum absolute atomic E-state index is 0.222. The first-order valence-electron chi connectivity index (χ1n) is 7.84. The number of aromatic nitrogens is 1. The molecule has 2 heterocycles. The van der Waals surface area contributed by atoms with E-state index in [-0.39, 0.29) is 12.5 Å². The molecule has 1 fully saturated rings. The monoisotopic (exact) mass is 408 g/mol.